The molecular weight excluding hydrogens is 396 g/mol. The highest BCUT2D eigenvalue weighted by Gasteiger charge is 2.48. The summed E-state index contributed by atoms with van der Waals surface area (Å²) in [6, 6.07) is 7.66. The van der Waals surface area contributed by atoms with E-state index in [1.807, 2.05) is 29.8 Å². The summed E-state index contributed by atoms with van der Waals surface area (Å²) in [5.41, 5.74) is 2.60. The van der Waals surface area contributed by atoms with Crippen LogP contribution in [0.3, 0.4) is 0 Å². The van der Waals surface area contributed by atoms with E-state index in [0.29, 0.717) is 48.3 Å². The number of nitrogens with zero attached hydrogens (tertiary/aromatic N) is 6. The molecule has 0 bridgehead atoms. The third-order valence-corrected chi connectivity index (χ3v) is 5.59. The highest BCUT2D eigenvalue weighted by atomic mass is 16.5. The van der Waals surface area contributed by atoms with Gasteiger partial charge < -0.3 is 24.8 Å². The van der Waals surface area contributed by atoms with E-state index in [-0.39, 0.29) is 5.91 Å². The van der Waals surface area contributed by atoms with E-state index in [9.17, 15) is 10.1 Å². The number of ether oxygens (including phenoxy) is 1. The van der Waals surface area contributed by atoms with Crippen LogP contribution in [0.2, 0.25) is 0 Å². The standard InChI is InChI=1S/C21H20N8O2/c1-13-10-29(12-24-13)16-4-3-15(7-14(16)8-22)25-20-23-9-17-18(26-20)27-21(5-6-31-11-21)19(30)28(17)2/h3-4,7,9-10,12H,5-6,11H2,1-2H3,(H2,23,25,26,27). The number of anilines is 4. The van der Waals surface area contributed by atoms with Crippen LogP contribution in [0.5, 0.6) is 0 Å². The van der Waals surface area contributed by atoms with E-state index in [2.05, 4.69) is 31.7 Å². The molecule has 10 nitrogen and oxygen atoms in total. The molecule has 1 saturated heterocycles. The quantitative estimate of drug-likeness (QED) is 0.666. The number of rotatable bonds is 3. The second-order valence-electron chi connectivity index (χ2n) is 7.69. The molecule has 1 atom stereocenters. The first-order chi connectivity index (χ1) is 15.0. The van der Waals surface area contributed by atoms with Crippen LogP contribution in [0.1, 0.15) is 17.7 Å². The van der Waals surface area contributed by atoms with E-state index in [1.54, 1.807) is 30.5 Å². The van der Waals surface area contributed by atoms with Crippen LogP contribution >= 0.6 is 0 Å². The lowest BCUT2D eigenvalue weighted by atomic mass is 9.94. The molecule has 5 rings (SSSR count). The zero-order valence-corrected chi connectivity index (χ0v) is 17.1. The molecule has 1 aromatic carbocycles. The molecule has 1 fully saturated rings. The van der Waals surface area contributed by atoms with Gasteiger partial charge in [-0.25, -0.2) is 9.97 Å². The number of aryl methyl sites for hydroxylation is 1. The molecule has 156 valence electrons. The molecule has 1 spiro atoms. The number of fused-ring (bicyclic) bond motifs is 1. The smallest absolute Gasteiger partial charge is 0.255 e. The van der Waals surface area contributed by atoms with Crippen molar-refractivity contribution in [3.8, 4) is 11.8 Å². The van der Waals surface area contributed by atoms with Gasteiger partial charge in [-0.2, -0.15) is 10.2 Å². The molecule has 1 unspecified atom stereocenters. The average Bonchev–Trinajstić information content (AvgIpc) is 3.42. The van der Waals surface area contributed by atoms with Gasteiger partial charge in [-0.3, -0.25) is 4.79 Å². The molecule has 0 aliphatic carbocycles. The SMILES string of the molecule is Cc1cn(-c2ccc(Nc3ncc4c(n3)NC3(CCOC3)C(=O)N4C)cc2C#N)cn1. The maximum Gasteiger partial charge on any atom is 0.255 e. The number of nitriles is 1. The van der Waals surface area contributed by atoms with Crippen LogP contribution in [-0.2, 0) is 9.53 Å². The Morgan fingerprint density at radius 3 is 2.90 bits per heavy atom. The van der Waals surface area contributed by atoms with Crippen molar-refractivity contribution in [2.75, 3.05) is 35.8 Å². The molecule has 10 heteroatoms. The number of hydrogen-bond acceptors (Lipinski definition) is 8. The monoisotopic (exact) mass is 416 g/mol. The lowest BCUT2D eigenvalue weighted by Crippen LogP contribution is -2.57. The number of nitrogens with one attached hydrogen (secondary N) is 2. The summed E-state index contributed by atoms with van der Waals surface area (Å²) in [5, 5.41) is 16.0. The normalized spacial score (nSPS) is 19.8. The third-order valence-electron chi connectivity index (χ3n) is 5.59. The van der Waals surface area contributed by atoms with Crippen molar-refractivity contribution < 1.29 is 9.53 Å². The van der Waals surface area contributed by atoms with Gasteiger partial charge in [-0.05, 0) is 25.1 Å². The number of hydrogen-bond donors (Lipinski definition) is 2. The number of likely N-dealkylation sites (N-methyl/N-ethyl adjacent to an activating group) is 1. The topological polar surface area (TPSA) is 121 Å². The first kappa shape index (κ1) is 19.0. The van der Waals surface area contributed by atoms with Crippen LogP contribution in [-0.4, -0.2) is 51.2 Å². The summed E-state index contributed by atoms with van der Waals surface area (Å²) in [7, 11) is 1.72. The van der Waals surface area contributed by atoms with E-state index >= 15 is 0 Å². The molecule has 2 aliphatic rings. The number of aromatic nitrogens is 4. The van der Waals surface area contributed by atoms with Crippen LogP contribution in [0.25, 0.3) is 5.69 Å². The first-order valence-corrected chi connectivity index (χ1v) is 9.82. The molecule has 0 saturated carbocycles. The average molecular weight is 416 g/mol. The summed E-state index contributed by atoms with van der Waals surface area (Å²) in [4.78, 5) is 27.5. The Balaban J connectivity index is 1.44. The largest absolute Gasteiger partial charge is 0.378 e. The third kappa shape index (κ3) is 3.15. The Hall–Kier alpha value is -3.97. The van der Waals surface area contributed by atoms with Crippen molar-refractivity contribution in [2.45, 2.75) is 18.9 Å². The number of benzene rings is 1. The fourth-order valence-electron chi connectivity index (χ4n) is 3.93. The van der Waals surface area contributed by atoms with Gasteiger partial charge in [0.15, 0.2) is 5.82 Å². The van der Waals surface area contributed by atoms with Gasteiger partial charge in [0.05, 0.1) is 36.1 Å². The van der Waals surface area contributed by atoms with Crippen molar-refractivity contribution in [1.29, 1.82) is 5.26 Å². The molecule has 1 amide bonds. The molecule has 3 aromatic rings. The minimum Gasteiger partial charge on any atom is -0.378 e. The molecule has 31 heavy (non-hydrogen) atoms. The number of carbonyl (C=O) groups is 1. The molecule has 0 radical (unpaired) electrons. The van der Waals surface area contributed by atoms with Crippen molar-refractivity contribution >= 4 is 29.0 Å². The predicted octanol–water partition coefficient (Wildman–Crippen LogP) is 2.13. The van der Waals surface area contributed by atoms with Gasteiger partial charge in [0.1, 0.15) is 17.3 Å². The van der Waals surface area contributed by atoms with Crippen molar-refractivity contribution in [3.05, 3.63) is 48.2 Å². The lowest BCUT2D eigenvalue weighted by Gasteiger charge is -2.38. The van der Waals surface area contributed by atoms with Crippen molar-refractivity contribution in [2.24, 2.45) is 0 Å². The minimum atomic E-state index is -0.786. The zero-order valence-electron chi connectivity index (χ0n) is 17.1. The number of amides is 1. The van der Waals surface area contributed by atoms with Gasteiger partial charge in [0.2, 0.25) is 5.95 Å². The second kappa shape index (κ2) is 7.07. The van der Waals surface area contributed by atoms with Gasteiger partial charge in [0.25, 0.3) is 5.91 Å². The van der Waals surface area contributed by atoms with Crippen molar-refractivity contribution in [3.63, 3.8) is 0 Å². The van der Waals surface area contributed by atoms with Crippen LogP contribution in [0.15, 0.2) is 36.9 Å². The van der Waals surface area contributed by atoms with Crippen LogP contribution in [0.4, 0.5) is 23.1 Å². The fraction of sp³-hybridized carbons (Fsp3) is 0.286. The molecule has 2 aliphatic heterocycles. The van der Waals surface area contributed by atoms with Gasteiger partial charge in [-0.15, -0.1) is 0 Å². The summed E-state index contributed by atoms with van der Waals surface area (Å²) in [5.74, 6) is 0.875. The predicted molar refractivity (Wildman–Crippen MR) is 114 cm³/mol. The zero-order chi connectivity index (χ0) is 21.6. The van der Waals surface area contributed by atoms with E-state index in [4.69, 9.17) is 4.74 Å². The second-order valence-corrected chi connectivity index (χ2v) is 7.69. The molecule has 2 N–H and O–H groups in total. The molecule has 4 heterocycles. The minimum absolute atomic E-state index is 0.0502. The summed E-state index contributed by atoms with van der Waals surface area (Å²) >= 11 is 0. The van der Waals surface area contributed by atoms with Crippen LogP contribution in [0, 0.1) is 18.3 Å². The Kier molecular flexibility index (Phi) is 4.34. The highest BCUT2D eigenvalue weighted by Crippen LogP contribution is 2.37. The Morgan fingerprint density at radius 1 is 1.32 bits per heavy atom. The number of imidazole rings is 1. The first-order valence-electron chi connectivity index (χ1n) is 9.82. The Bertz CT molecular complexity index is 1220. The van der Waals surface area contributed by atoms with E-state index in [0.717, 1.165) is 11.4 Å². The molecule has 2 aromatic heterocycles. The van der Waals surface area contributed by atoms with Gasteiger partial charge in [-0.1, -0.05) is 0 Å². The summed E-state index contributed by atoms with van der Waals surface area (Å²) in [6.45, 7) is 2.73. The fourth-order valence-corrected chi connectivity index (χ4v) is 3.93. The number of carbonyl (C=O) groups excluding carboxylic acids is 1. The Morgan fingerprint density at radius 2 is 2.19 bits per heavy atom. The maximum atomic E-state index is 12.8. The van der Waals surface area contributed by atoms with Crippen molar-refractivity contribution in [1.82, 2.24) is 19.5 Å². The van der Waals surface area contributed by atoms with Gasteiger partial charge in [0, 0.05) is 32.0 Å². The molecular formula is C21H20N8O2. The Labute approximate surface area is 178 Å². The van der Waals surface area contributed by atoms with E-state index < -0.39 is 5.54 Å². The highest BCUT2D eigenvalue weighted by molar-refractivity contribution is 6.07. The summed E-state index contributed by atoms with van der Waals surface area (Å²) < 4.78 is 7.28. The maximum absolute atomic E-state index is 12.8. The lowest BCUT2D eigenvalue weighted by molar-refractivity contribution is -0.122. The summed E-state index contributed by atoms with van der Waals surface area (Å²) in [6.07, 6.45) is 5.73. The van der Waals surface area contributed by atoms with Crippen LogP contribution < -0.4 is 15.5 Å². The van der Waals surface area contributed by atoms with E-state index in [1.165, 1.54) is 0 Å². The van der Waals surface area contributed by atoms with Gasteiger partial charge >= 0.3 is 0 Å².